The first kappa shape index (κ1) is 12.4. The van der Waals surface area contributed by atoms with Crippen molar-refractivity contribution in [3.8, 4) is 0 Å². The molecule has 0 aromatic carbocycles. The number of nitrogens with two attached hydrogens (primary N) is 1. The molecule has 2 N–H and O–H groups in total. The van der Waals surface area contributed by atoms with Crippen LogP contribution in [0.15, 0.2) is 24.3 Å². The van der Waals surface area contributed by atoms with Gasteiger partial charge >= 0.3 is 0 Å². The molecule has 0 aromatic rings. The molecule has 0 aliphatic rings. The summed E-state index contributed by atoms with van der Waals surface area (Å²) in [6.07, 6.45) is 3.12. The van der Waals surface area contributed by atoms with Crippen LogP contribution >= 0.6 is 0 Å². The van der Waals surface area contributed by atoms with E-state index in [-0.39, 0.29) is 6.04 Å². The van der Waals surface area contributed by atoms with Gasteiger partial charge in [-0.3, -0.25) is 0 Å². The molecule has 76 valence electrons. The standard InChI is InChI=1S/C12H23N/c1-6-10(4)11(5)12(13)8-7-9(2)3/h10,12H,2,5-8,13H2,1,3-4H3. The predicted octanol–water partition coefficient (Wildman–Crippen LogP) is 3.27. The molecule has 0 spiro atoms. The summed E-state index contributed by atoms with van der Waals surface area (Å²) in [4.78, 5) is 0. The summed E-state index contributed by atoms with van der Waals surface area (Å²) in [5.41, 5.74) is 8.39. The summed E-state index contributed by atoms with van der Waals surface area (Å²) in [7, 11) is 0. The number of hydrogen-bond acceptors (Lipinski definition) is 1. The van der Waals surface area contributed by atoms with Gasteiger partial charge in [0.25, 0.3) is 0 Å². The molecule has 0 saturated carbocycles. The minimum Gasteiger partial charge on any atom is -0.324 e. The SMILES string of the molecule is C=C(C)CCC(N)C(=C)C(C)CC. The van der Waals surface area contributed by atoms with Gasteiger partial charge in [0.05, 0.1) is 0 Å². The highest BCUT2D eigenvalue weighted by Gasteiger charge is 2.11. The first-order valence-corrected chi connectivity index (χ1v) is 5.07. The first-order valence-electron chi connectivity index (χ1n) is 5.07. The van der Waals surface area contributed by atoms with Crippen LogP contribution in [-0.2, 0) is 0 Å². The Morgan fingerprint density at radius 2 is 1.92 bits per heavy atom. The molecule has 0 aromatic heterocycles. The summed E-state index contributed by atoms with van der Waals surface area (Å²) in [5, 5.41) is 0. The summed E-state index contributed by atoms with van der Waals surface area (Å²) < 4.78 is 0. The van der Waals surface area contributed by atoms with Crippen LogP contribution in [-0.4, -0.2) is 6.04 Å². The predicted molar refractivity (Wildman–Crippen MR) is 60.6 cm³/mol. The van der Waals surface area contributed by atoms with Crippen molar-refractivity contribution in [2.45, 2.75) is 46.1 Å². The van der Waals surface area contributed by atoms with Crippen LogP contribution in [0.4, 0.5) is 0 Å². The smallest absolute Gasteiger partial charge is 0.0256 e. The molecule has 0 amide bonds. The highest BCUT2D eigenvalue weighted by atomic mass is 14.6. The van der Waals surface area contributed by atoms with E-state index in [2.05, 4.69) is 27.0 Å². The lowest BCUT2D eigenvalue weighted by atomic mass is 9.91. The van der Waals surface area contributed by atoms with E-state index in [0.717, 1.165) is 19.3 Å². The first-order chi connectivity index (χ1) is 5.99. The third-order valence-electron chi connectivity index (χ3n) is 2.60. The maximum absolute atomic E-state index is 6.00. The monoisotopic (exact) mass is 181 g/mol. The average Bonchev–Trinajstić information content (AvgIpc) is 2.11. The lowest BCUT2D eigenvalue weighted by molar-refractivity contribution is 0.563. The van der Waals surface area contributed by atoms with E-state index in [1.807, 2.05) is 6.92 Å². The second-order valence-corrected chi connectivity index (χ2v) is 3.99. The van der Waals surface area contributed by atoms with Crippen molar-refractivity contribution < 1.29 is 0 Å². The topological polar surface area (TPSA) is 26.0 Å². The summed E-state index contributed by atoms with van der Waals surface area (Å²) in [5.74, 6) is 0.542. The molecule has 0 aliphatic carbocycles. The highest BCUT2D eigenvalue weighted by Crippen LogP contribution is 2.18. The molecular formula is C12H23N. The summed E-state index contributed by atoms with van der Waals surface area (Å²) in [6, 6.07) is 0.145. The minimum absolute atomic E-state index is 0.145. The van der Waals surface area contributed by atoms with Crippen molar-refractivity contribution >= 4 is 0 Å². The van der Waals surface area contributed by atoms with Crippen LogP contribution in [0.2, 0.25) is 0 Å². The van der Waals surface area contributed by atoms with Gasteiger partial charge in [-0.15, -0.1) is 6.58 Å². The van der Waals surface area contributed by atoms with Crippen molar-refractivity contribution in [1.29, 1.82) is 0 Å². The third kappa shape index (κ3) is 4.89. The zero-order chi connectivity index (χ0) is 10.4. The van der Waals surface area contributed by atoms with Gasteiger partial charge < -0.3 is 5.73 Å². The summed E-state index contributed by atoms with van der Waals surface area (Å²) >= 11 is 0. The Hall–Kier alpha value is -0.560. The summed E-state index contributed by atoms with van der Waals surface area (Å²) in [6.45, 7) is 14.3. The number of allylic oxidation sites excluding steroid dienone is 1. The lowest BCUT2D eigenvalue weighted by Crippen LogP contribution is -2.25. The van der Waals surface area contributed by atoms with E-state index in [9.17, 15) is 0 Å². The van der Waals surface area contributed by atoms with Crippen molar-refractivity contribution in [2.75, 3.05) is 0 Å². The Balaban J connectivity index is 3.89. The lowest BCUT2D eigenvalue weighted by Gasteiger charge is -2.19. The van der Waals surface area contributed by atoms with Crippen molar-refractivity contribution in [2.24, 2.45) is 11.7 Å². The van der Waals surface area contributed by atoms with Crippen molar-refractivity contribution in [1.82, 2.24) is 0 Å². The minimum atomic E-state index is 0.145. The van der Waals surface area contributed by atoms with Gasteiger partial charge in [0.2, 0.25) is 0 Å². The van der Waals surface area contributed by atoms with Gasteiger partial charge in [0, 0.05) is 6.04 Å². The molecule has 0 aliphatic heterocycles. The molecule has 0 radical (unpaired) electrons. The maximum atomic E-state index is 6.00. The fourth-order valence-electron chi connectivity index (χ4n) is 1.21. The van der Waals surface area contributed by atoms with E-state index in [1.54, 1.807) is 0 Å². The fraction of sp³-hybridized carbons (Fsp3) is 0.667. The highest BCUT2D eigenvalue weighted by molar-refractivity contribution is 5.08. The molecule has 13 heavy (non-hydrogen) atoms. The van der Waals surface area contributed by atoms with Gasteiger partial charge in [0.15, 0.2) is 0 Å². The normalized spacial score (nSPS) is 15.1. The third-order valence-corrected chi connectivity index (χ3v) is 2.60. The van der Waals surface area contributed by atoms with Crippen molar-refractivity contribution in [3.05, 3.63) is 24.3 Å². The number of hydrogen-bond donors (Lipinski definition) is 1. The van der Waals surface area contributed by atoms with Crippen LogP contribution in [0, 0.1) is 5.92 Å². The zero-order valence-electron chi connectivity index (χ0n) is 9.27. The molecule has 0 rings (SSSR count). The maximum Gasteiger partial charge on any atom is 0.0256 e. The zero-order valence-corrected chi connectivity index (χ0v) is 9.27. The molecule has 2 atom stereocenters. The van der Waals surface area contributed by atoms with E-state index in [0.29, 0.717) is 5.92 Å². The second-order valence-electron chi connectivity index (χ2n) is 3.99. The van der Waals surface area contributed by atoms with Gasteiger partial charge in [-0.2, -0.15) is 0 Å². The largest absolute Gasteiger partial charge is 0.324 e. The molecule has 1 nitrogen and oxygen atoms in total. The molecule has 1 heteroatoms. The molecule has 2 unspecified atom stereocenters. The molecule has 0 heterocycles. The van der Waals surface area contributed by atoms with E-state index < -0.39 is 0 Å². The molecule has 0 fully saturated rings. The van der Waals surface area contributed by atoms with Crippen LogP contribution in [0.25, 0.3) is 0 Å². The van der Waals surface area contributed by atoms with Crippen LogP contribution in [0.5, 0.6) is 0 Å². The van der Waals surface area contributed by atoms with E-state index >= 15 is 0 Å². The Morgan fingerprint density at radius 1 is 1.38 bits per heavy atom. The quantitative estimate of drug-likeness (QED) is 0.625. The van der Waals surface area contributed by atoms with Gasteiger partial charge in [0.1, 0.15) is 0 Å². The van der Waals surface area contributed by atoms with Crippen molar-refractivity contribution in [3.63, 3.8) is 0 Å². The number of rotatable bonds is 6. The van der Waals surface area contributed by atoms with Gasteiger partial charge in [-0.05, 0) is 32.1 Å². The Kier molecular flexibility index (Phi) is 5.72. The Bertz CT molecular complexity index is 182. The molecule has 0 bridgehead atoms. The fourth-order valence-corrected chi connectivity index (χ4v) is 1.21. The van der Waals surface area contributed by atoms with Crippen LogP contribution < -0.4 is 5.73 Å². The van der Waals surface area contributed by atoms with E-state index in [1.165, 1.54) is 11.1 Å². The molecular weight excluding hydrogens is 158 g/mol. The Morgan fingerprint density at radius 3 is 2.31 bits per heavy atom. The van der Waals surface area contributed by atoms with Gasteiger partial charge in [-0.1, -0.05) is 31.6 Å². The average molecular weight is 181 g/mol. The second kappa shape index (κ2) is 5.98. The van der Waals surface area contributed by atoms with Gasteiger partial charge in [-0.25, -0.2) is 0 Å². The Labute approximate surface area is 82.7 Å². The van der Waals surface area contributed by atoms with Crippen LogP contribution in [0.1, 0.15) is 40.0 Å². The molecule has 0 saturated heterocycles. The van der Waals surface area contributed by atoms with Crippen LogP contribution in [0.3, 0.4) is 0 Å². The van der Waals surface area contributed by atoms with E-state index in [4.69, 9.17) is 5.73 Å².